The van der Waals surface area contributed by atoms with Crippen LogP contribution in [0.5, 0.6) is 0 Å². The number of benzene rings is 1. The maximum atomic E-state index is 12.1. The van der Waals surface area contributed by atoms with Crippen molar-refractivity contribution in [2.45, 2.75) is 6.92 Å². The van der Waals surface area contributed by atoms with Crippen LogP contribution in [0.3, 0.4) is 0 Å². The zero-order chi connectivity index (χ0) is 14.2. The average Bonchev–Trinajstić information content (AvgIpc) is 2.37. The highest BCUT2D eigenvalue weighted by molar-refractivity contribution is 9.13. The maximum absolute atomic E-state index is 12.1. The number of aromatic nitrogens is 2. The van der Waals surface area contributed by atoms with E-state index in [4.69, 9.17) is 5.11 Å². The van der Waals surface area contributed by atoms with Gasteiger partial charge in [0.15, 0.2) is 0 Å². The highest BCUT2D eigenvalue weighted by atomic mass is 79.9. The van der Waals surface area contributed by atoms with E-state index in [-0.39, 0.29) is 11.1 Å². The number of halogens is 2. The van der Waals surface area contributed by atoms with Gasteiger partial charge in [0, 0.05) is 0 Å². The molecular formula is C12H8Br2N2O3. The SMILES string of the molecule is Cc1ccc(C(=O)O)cc1-n1ncc(Br)c(Br)c1=O. The molecule has 0 bridgehead atoms. The first-order valence-electron chi connectivity index (χ1n) is 5.19. The summed E-state index contributed by atoms with van der Waals surface area (Å²) in [4.78, 5) is 23.1. The van der Waals surface area contributed by atoms with Gasteiger partial charge in [-0.05, 0) is 56.5 Å². The fraction of sp³-hybridized carbons (Fsp3) is 0.0833. The molecule has 0 saturated heterocycles. The second kappa shape index (κ2) is 5.26. The summed E-state index contributed by atoms with van der Waals surface area (Å²) in [6, 6.07) is 4.55. The van der Waals surface area contributed by atoms with E-state index in [0.717, 1.165) is 10.2 Å². The number of hydrogen-bond acceptors (Lipinski definition) is 3. The van der Waals surface area contributed by atoms with Gasteiger partial charge in [0.1, 0.15) is 4.47 Å². The van der Waals surface area contributed by atoms with E-state index in [1.54, 1.807) is 13.0 Å². The zero-order valence-corrected chi connectivity index (χ0v) is 12.9. The number of carboxylic acids is 1. The Morgan fingerprint density at radius 1 is 1.37 bits per heavy atom. The van der Waals surface area contributed by atoms with Gasteiger partial charge < -0.3 is 5.11 Å². The summed E-state index contributed by atoms with van der Waals surface area (Å²) in [5.41, 5.74) is 0.945. The highest BCUT2D eigenvalue weighted by Crippen LogP contribution is 2.19. The summed E-state index contributed by atoms with van der Waals surface area (Å²) in [6.45, 7) is 1.78. The average molecular weight is 388 g/mol. The predicted octanol–water partition coefficient (Wildman–Crippen LogP) is 2.76. The van der Waals surface area contributed by atoms with Crippen LogP contribution < -0.4 is 5.56 Å². The van der Waals surface area contributed by atoms with Crippen LogP contribution >= 0.6 is 31.9 Å². The third-order valence-electron chi connectivity index (χ3n) is 2.56. The third-order valence-corrected chi connectivity index (χ3v) is 4.46. The summed E-state index contributed by atoms with van der Waals surface area (Å²) >= 11 is 6.35. The quantitative estimate of drug-likeness (QED) is 0.859. The molecule has 0 unspecified atom stereocenters. The first-order valence-corrected chi connectivity index (χ1v) is 6.78. The Morgan fingerprint density at radius 2 is 2.05 bits per heavy atom. The van der Waals surface area contributed by atoms with Crippen molar-refractivity contribution < 1.29 is 9.90 Å². The second-order valence-electron chi connectivity index (χ2n) is 3.83. The minimum absolute atomic E-state index is 0.105. The van der Waals surface area contributed by atoms with Gasteiger partial charge in [-0.15, -0.1) is 0 Å². The van der Waals surface area contributed by atoms with Gasteiger partial charge in [-0.3, -0.25) is 4.79 Å². The van der Waals surface area contributed by atoms with Gasteiger partial charge in [-0.2, -0.15) is 9.78 Å². The number of hydrogen-bond donors (Lipinski definition) is 1. The van der Waals surface area contributed by atoms with E-state index in [1.807, 2.05) is 0 Å². The predicted molar refractivity (Wildman–Crippen MR) is 76.9 cm³/mol. The van der Waals surface area contributed by atoms with Crippen LogP contribution in [0.1, 0.15) is 15.9 Å². The van der Waals surface area contributed by atoms with Crippen molar-refractivity contribution in [3.05, 3.63) is 54.8 Å². The van der Waals surface area contributed by atoms with Crippen molar-refractivity contribution in [3.63, 3.8) is 0 Å². The molecule has 19 heavy (non-hydrogen) atoms. The molecule has 0 fully saturated rings. The molecule has 0 amide bonds. The number of carboxylic acid groups (broad SMARTS) is 1. The molecule has 98 valence electrons. The fourth-order valence-electron chi connectivity index (χ4n) is 1.55. The third kappa shape index (κ3) is 2.62. The number of aromatic carboxylic acids is 1. The molecule has 0 atom stereocenters. The molecule has 1 aromatic carbocycles. The van der Waals surface area contributed by atoms with Gasteiger partial charge >= 0.3 is 5.97 Å². The smallest absolute Gasteiger partial charge is 0.335 e. The van der Waals surface area contributed by atoms with Crippen molar-refractivity contribution >= 4 is 37.8 Å². The highest BCUT2D eigenvalue weighted by Gasteiger charge is 2.12. The first-order chi connectivity index (χ1) is 8.91. The van der Waals surface area contributed by atoms with E-state index in [0.29, 0.717) is 14.6 Å². The van der Waals surface area contributed by atoms with Crippen LogP contribution in [0.2, 0.25) is 0 Å². The Morgan fingerprint density at radius 3 is 2.68 bits per heavy atom. The van der Waals surface area contributed by atoms with E-state index in [2.05, 4.69) is 37.0 Å². The van der Waals surface area contributed by atoms with Gasteiger partial charge in [0.2, 0.25) is 0 Å². The molecule has 5 nitrogen and oxygen atoms in total. The van der Waals surface area contributed by atoms with Gasteiger partial charge in [-0.1, -0.05) is 6.07 Å². The van der Waals surface area contributed by atoms with Crippen LogP contribution in [0.25, 0.3) is 5.69 Å². The fourth-order valence-corrected chi connectivity index (χ4v) is 2.09. The van der Waals surface area contributed by atoms with Crippen LogP contribution in [-0.2, 0) is 0 Å². The van der Waals surface area contributed by atoms with Crippen LogP contribution in [0.15, 0.2) is 38.1 Å². The van der Waals surface area contributed by atoms with Crippen molar-refractivity contribution in [1.82, 2.24) is 9.78 Å². The Hall–Kier alpha value is -1.47. The van der Waals surface area contributed by atoms with Crippen LogP contribution in [-0.4, -0.2) is 20.9 Å². The minimum Gasteiger partial charge on any atom is -0.478 e. The molecule has 0 spiro atoms. The normalized spacial score (nSPS) is 10.5. The van der Waals surface area contributed by atoms with E-state index in [9.17, 15) is 9.59 Å². The molecule has 0 radical (unpaired) electrons. The molecule has 0 aliphatic carbocycles. The zero-order valence-electron chi connectivity index (χ0n) is 9.72. The molecule has 1 heterocycles. The van der Waals surface area contributed by atoms with E-state index >= 15 is 0 Å². The summed E-state index contributed by atoms with van der Waals surface area (Å²) in [6.07, 6.45) is 1.47. The van der Waals surface area contributed by atoms with Crippen molar-refractivity contribution in [2.24, 2.45) is 0 Å². The van der Waals surface area contributed by atoms with E-state index in [1.165, 1.54) is 18.3 Å². The summed E-state index contributed by atoms with van der Waals surface area (Å²) in [5, 5.41) is 13.0. The van der Waals surface area contributed by atoms with Crippen molar-refractivity contribution in [1.29, 1.82) is 0 Å². The largest absolute Gasteiger partial charge is 0.478 e. The maximum Gasteiger partial charge on any atom is 0.335 e. The summed E-state index contributed by atoms with van der Waals surface area (Å²) < 4.78 is 2.04. The molecule has 0 aliphatic rings. The summed E-state index contributed by atoms with van der Waals surface area (Å²) in [7, 11) is 0. The molecule has 0 aliphatic heterocycles. The monoisotopic (exact) mass is 386 g/mol. The first kappa shape index (κ1) is 14.0. The van der Waals surface area contributed by atoms with E-state index < -0.39 is 5.97 Å². The molecule has 1 aromatic heterocycles. The molecule has 2 aromatic rings. The van der Waals surface area contributed by atoms with Crippen LogP contribution in [0.4, 0.5) is 0 Å². The lowest BCUT2D eigenvalue weighted by molar-refractivity contribution is 0.0697. The van der Waals surface area contributed by atoms with Gasteiger partial charge in [0.05, 0.1) is 21.9 Å². The Balaban J connectivity index is 2.72. The van der Waals surface area contributed by atoms with Crippen molar-refractivity contribution in [2.75, 3.05) is 0 Å². The summed E-state index contributed by atoms with van der Waals surface area (Å²) in [5.74, 6) is -1.05. The molecule has 1 N–H and O–H groups in total. The van der Waals surface area contributed by atoms with Gasteiger partial charge in [0.25, 0.3) is 5.56 Å². The Kier molecular flexibility index (Phi) is 3.86. The Labute approximate surface area is 125 Å². The lowest BCUT2D eigenvalue weighted by Crippen LogP contribution is -2.22. The lowest BCUT2D eigenvalue weighted by atomic mass is 10.1. The van der Waals surface area contributed by atoms with Crippen LogP contribution in [0, 0.1) is 6.92 Å². The standard InChI is InChI=1S/C12H8Br2N2O3/c1-6-2-3-7(12(18)19)4-9(6)16-11(17)10(14)8(13)5-15-16/h2-5H,1H3,(H,18,19). The minimum atomic E-state index is -1.05. The molecule has 0 saturated carbocycles. The second-order valence-corrected chi connectivity index (χ2v) is 5.48. The van der Waals surface area contributed by atoms with Crippen molar-refractivity contribution in [3.8, 4) is 5.69 Å². The number of nitrogens with zero attached hydrogens (tertiary/aromatic N) is 2. The van der Waals surface area contributed by atoms with Gasteiger partial charge in [-0.25, -0.2) is 4.79 Å². The number of rotatable bonds is 2. The molecule has 7 heteroatoms. The molecular weight excluding hydrogens is 380 g/mol. The Bertz CT molecular complexity index is 725. The number of carbonyl (C=O) groups is 1. The molecule has 2 rings (SSSR count). The lowest BCUT2D eigenvalue weighted by Gasteiger charge is -2.09. The number of aryl methyl sites for hydroxylation is 1. The topological polar surface area (TPSA) is 72.2 Å².